The van der Waals surface area contributed by atoms with Gasteiger partial charge in [-0.15, -0.1) is 0 Å². The van der Waals surface area contributed by atoms with Gasteiger partial charge in [0, 0.05) is 6.54 Å². The first kappa shape index (κ1) is 16.8. The fourth-order valence-corrected chi connectivity index (χ4v) is 1.53. The number of nitrogens with one attached hydrogen (secondary N) is 1. The average molecular weight is 295 g/mol. The molecule has 116 valence electrons. The third kappa shape index (κ3) is 6.16. The molecule has 0 saturated heterocycles. The summed E-state index contributed by atoms with van der Waals surface area (Å²) in [6, 6.07) is 5.37. The van der Waals surface area contributed by atoms with Crippen LogP contribution in [0, 0.1) is 6.92 Å². The van der Waals surface area contributed by atoms with Gasteiger partial charge in [-0.05, 0) is 31.0 Å². The van der Waals surface area contributed by atoms with Gasteiger partial charge in [-0.1, -0.05) is 13.0 Å². The maximum Gasteiger partial charge on any atom is 0.344 e. The molecule has 1 rings (SSSR count). The second-order valence-electron chi connectivity index (χ2n) is 4.45. The minimum Gasteiger partial charge on any atom is -0.493 e. The van der Waals surface area contributed by atoms with Crippen molar-refractivity contribution in [3.8, 4) is 11.5 Å². The third-order valence-electron chi connectivity index (χ3n) is 2.60. The number of carbonyl (C=O) groups excluding carboxylic acids is 2. The van der Waals surface area contributed by atoms with E-state index < -0.39 is 5.97 Å². The van der Waals surface area contributed by atoms with Crippen LogP contribution in [0.3, 0.4) is 0 Å². The van der Waals surface area contributed by atoms with E-state index in [0.29, 0.717) is 18.0 Å². The van der Waals surface area contributed by atoms with Crippen LogP contribution < -0.4 is 14.8 Å². The zero-order valence-corrected chi connectivity index (χ0v) is 12.6. The number of aryl methyl sites for hydroxylation is 1. The molecule has 1 aromatic rings. The van der Waals surface area contributed by atoms with Gasteiger partial charge in [0.1, 0.15) is 0 Å². The van der Waals surface area contributed by atoms with Crippen molar-refractivity contribution >= 4 is 11.9 Å². The van der Waals surface area contributed by atoms with Gasteiger partial charge in [-0.2, -0.15) is 0 Å². The first-order valence-electron chi connectivity index (χ1n) is 6.76. The van der Waals surface area contributed by atoms with E-state index in [4.69, 9.17) is 14.2 Å². The summed E-state index contributed by atoms with van der Waals surface area (Å²) in [4.78, 5) is 22.8. The molecule has 0 radical (unpaired) electrons. The molecule has 0 saturated carbocycles. The van der Waals surface area contributed by atoms with Gasteiger partial charge in [-0.3, -0.25) is 4.79 Å². The van der Waals surface area contributed by atoms with E-state index >= 15 is 0 Å². The van der Waals surface area contributed by atoms with Gasteiger partial charge < -0.3 is 19.5 Å². The van der Waals surface area contributed by atoms with Crippen molar-refractivity contribution < 1.29 is 23.8 Å². The number of ether oxygens (including phenoxy) is 3. The van der Waals surface area contributed by atoms with E-state index in [2.05, 4.69) is 5.32 Å². The molecule has 0 aromatic heterocycles. The second-order valence-corrected chi connectivity index (χ2v) is 4.45. The van der Waals surface area contributed by atoms with Crippen LogP contribution in [0.5, 0.6) is 11.5 Å². The minimum atomic E-state index is -0.607. The van der Waals surface area contributed by atoms with E-state index in [1.165, 1.54) is 7.11 Å². The molecule has 0 heterocycles. The molecule has 1 aromatic carbocycles. The van der Waals surface area contributed by atoms with Crippen LogP contribution in [-0.4, -0.2) is 38.7 Å². The molecule has 0 fully saturated rings. The number of amides is 1. The predicted molar refractivity (Wildman–Crippen MR) is 77.5 cm³/mol. The molecule has 6 nitrogen and oxygen atoms in total. The van der Waals surface area contributed by atoms with Crippen molar-refractivity contribution in [3.63, 3.8) is 0 Å². The lowest BCUT2D eigenvalue weighted by atomic mass is 10.2. The highest BCUT2D eigenvalue weighted by atomic mass is 16.6. The van der Waals surface area contributed by atoms with Gasteiger partial charge in [0.15, 0.2) is 24.7 Å². The van der Waals surface area contributed by atoms with Crippen molar-refractivity contribution in [1.82, 2.24) is 5.32 Å². The summed E-state index contributed by atoms with van der Waals surface area (Å²) in [7, 11) is 1.53. The first-order chi connectivity index (χ1) is 10.1. The van der Waals surface area contributed by atoms with E-state index in [1.54, 1.807) is 12.1 Å². The summed E-state index contributed by atoms with van der Waals surface area (Å²) in [6.45, 7) is 3.85. The number of hydrogen-bond acceptors (Lipinski definition) is 5. The van der Waals surface area contributed by atoms with Crippen LogP contribution in [0.15, 0.2) is 18.2 Å². The molecular weight excluding hydrogens is 274 g/mol. The van der Waals surface area contributed by atoms with Crippen LogP contribution >= 0.6 is 0 Å². The summed E-state index contributed by atoms with van der Waals surface area (Å²) in [5, 5.41) is 2.61. The largest absolute Gasteiger partial charge is 0.493 e. The topological polar surface area (TPSA) is 73.9 Å². The number of rotatable bonds is 8. The maximum absolute atomic E-state index is 11.5. The lowest BCUT2D eigenvalue weighted by molar-refractivity contribution is -0.150. The zero-order chi connectivity index (χ0) is 15.7. The second kappa shape index (κ2) is 8.84. The fourth-order valence-electron chi connectivity index (χ4n) is 1.53. The van der Waals surface area contributed by atoms with Crippen molar-refractivity contribution in [2.45, 2.75) is 20.3 Å². The van der Waals surface area contributed by atoms with Gasteiger partial charge in [-0.25, -0.2) is 4.79 Å². The van der Waals surface area contributed by atoms with Gasteiger partial charge in [0.05, 0.1) is 7.11 Å². The molecule has 0 aliphatic rings. The molecular formula is C15H21NO5. The summed E-state index contributed by atoms with van der Waals surface area (Å²) in [5.41, 5.74) is 1.02. The molecule has 1 amide bonds. The van der Waals surface area contributed by atoms with Gasteiger partial charge in [0.25, 0.3) is 5.91 Å². The monoisotopic (exact) mass is 295 g/mol. The Kier molecular flexibility index (Phi) is 7.08. The SMILES string of the molecule is CCCNC(=O)COC(=O)COc1ccc(C)cc1OC. The Morgan fingerprint density at radius 1 is 1.19 bits per heavy atom. The van der Waals surface area contributed by atoms with Crippen LogP contribution in [0.4, 0.5) is 0 Å². The Bertz CT molecular complexity index is 487. The Hall–Kier alpha value is -2.24. The lowest BCUT2D eigenvalue weighted by Gasteiger charge is -2.11. The number of methoxy groups -OCH3 is 1. The fraction of sp³-hybridized carbons (Fsp3) is 0.467. The van der Waals surface area contributed by atoms with E-state index in [0.717, 1.165) is 12.0 Å². The van der Waals surface area contributed by atoms with Crippen molar-refractivity contribution in [3.05, 3.63) is 23.8 Å². The molecule has 0 aliphatic carbocycles. The van der Waals surface area contributed by atoms with Crippen molar-refractivity contribution in [2.24, 2.45) is 0 Å². The standard InChI is InChI=1S/C15H21NO5/c1-4-7-16-14(17)9-21-15(18)10-20-12-6-5-11(2)8-13(12)19-3/h5-6,8H,4,7,9-10H2,1-3H3,(H,16,17). The molecule has 0 aliphatic heterocycles. The van der Waals surface area contributed by atoms with E-state index in [9.17, 15) is 9.59 Å². The Balaban J connectivity index is 2.38. The smallest absolute Gasteiger partial charge is 0.344 e. The van der Waals surface area contributed by atoms with Crippen molar-refractivity contribution in [2.75, 3.05) is 26.9 Å². The summed E-state index contributed by atoms with van der Waals surface area (Å²) >= 11 is 0. The van der Waals surface area contributed by atoms with Crippen molar-refractivity contribution in [1.29, 1.82) is 0 Å². The normalized spacial score (nSPS) is 9.86. The molecule has 0 atom stereocenters. The van der Waals surface area contributed by atoms with Crippen LogP contribution in [0.25, 0.3) is 0 Å². The zero-order valence-electron chi connectivity index (χ0n) is 12.6. The molecule has 1 N–H and O–H groups in total. The highest BCUT2D eigenvalue weighted by Gasteiger charge is 2.10. The molecule has 0 bridgehead atoms. The molecule has 21 heavy (non-hydrogen) atoms. The minimum absolute atomic E-state index is 0.277. The van der Waals surface area contributed by atoms with Crippen LogP contribution in [-0.2, 0) is 14.3 Å². The predicted octanol–water partition coefficient (Wildman–Crippen LogP) is 1.45. The number of carbonyl (C=O) groups is 2. The Morgan fingerprint density at radius 2 is 1.95 bits per heavy atom. The lowest BCUT2D eigenvalue weighted by Crippen LogP contribution is -2.30. The number of esters is 1. The average Bonchev–Trinajstić information content (AvgIpc) is 2.49. The summed E-state index contributed by atoms with van der Waals surface area (Å²) in [5.74, 6) is 0.0707. The maximum atomic E-state index is 11.5. The van der Waals surface area contributed by atoms with Crippen LogP contribution in [0.1, 0.15) is 18.9 Å². The van der Waals surface area contributed by atoms with Gasteiger partial charge >= 0.3 is 5.97 Å². The third-order valence-corrected chi connectivity index (χ3v) is 2.60. The van der Waals surface area contributed by atoms with Crippen LogP contribution in [0.2, 0.25) is 0 Å². The Morgan fingerprint density at radius 3 is 2.62 bits per heavy atom. The highest BCUT2D eigenvalue weighted by molar-refractivity contribution is 5.80. The van der Waals surface area contributed by atoms with E-state index in [1.807, 2.05) is 19.9 Å². The number of benzene rings is 1. The summed E-state index contributed by atoms with van der Waals surface area (Å²) in [6.07, 6.45) is 0.829. The van der Waals surface area contributed by atoms with Gasteiger partial charge in [0.2, 0.25) is 0 Å². The molecule has 0 spiro atoms. The molecule has 0 unspecified atom stereocenters. The molecule has 6 heteroatoms. The summed E-state index contributed by atoms with van der Waals surface area (Å²) < 4.78 is 15.3. The first-order valence-corrected chi connectivity index (χ1v) is 6.76. The highest BCUT2D eigenvalue weighted by Crippen LogP contribution is 2.27. The number of hydrogen-bond donors (Lipinski definition) is 1. The van der Waals surface area contributed by atoms with E-state index in [-0.39, 0.29) is 19.1 Å². The Labute approximate surface area is 124 Å². The quantitative estimate of drug-likeness (QED) is 0.735.